The van der Waals surface area contributed by atoms with E-state index in [-0.39, 0.29) is 48.2 Å². The van der Waals surface area contributed by atoms with Crippen LogP contribution in [0.5, 0.6) is 0 Å². The van der Waals surface area contributed by atoms with Gasteiger partial charge >= 0.3 is 11.9 Å². The number of hydrogen-bond donors (Lipinski definition) is 0. The van der Waals surface area contributed by atoms with Gasteiger partial charge in [-0.3, -0.25) is 19.4 Å². The van der Waals surface area contributed by atoms with Gasteiger partial charge in [-0.25, -0.2) is 0 Å². The van der Waals surface area contributed by atoms with Gasteiger partial charge < -0.3 is 14.4 Å². The zero-order valence-electron chi connectivity index (χ0n) is 30.1. The van der Waals surface area contributed by atoms with Gasteiger partial charge in [-0.1, -0.05) is 68.0 Å². The quantitative estimate of drug-likeness (QED) is 0.187. The molecule has 0 aliphatic heterocycles. The van der Waals surface area contributed by atoms with E-state index in [1.807, 2.05) is 63.5 Å². The highest BCUT2D eigenvalue weighted by atomic mass is 16.6. The van der Waals surface area contributed by atoms with Crippen LogP contribution in [0.2, 0.25) is 0 Å². The average molecular weight is 667 g/mol. The lowest BCUT2D eigenvalue weighted by atomic mass is 9.47. The summed E-state index contributed by atoms with van der Waals surface area (Å²) < 4.78 is 11.5. The Morgan fingerprint density at radius 1 is 0.898 bits per heavy atom. The van der Waals surface area contributed by atoms with Crippen LogP contribution in [-0.4, -0.2) is 46.0 Å². The Morgan fingerprint density at radius 3 is 2.41 bits per heavy atom. The van der Waals surface area contributed by atoms with Gasteiger partial charge in [0.25, 0.3) is 0 Å². The van der Waals surface area contributed by atoms with Crippen molar-refractivity contribution in [2.45, 2.75) is 117 Å². The first kappa shape index (κ1) is 35.1. The van der Waals surface area contributed by atoms with Crippen molar-refractivity contribution < 1.29 is 23.9 Å². The molecule has 0 saturated heterocycles. The van der Waals surface area contributed by atoms with E-state index in [1.54, 1.807) is 0 Å². The third-order valence-corrected chi connectivity index (χ3v) is 12.0. The highest BCUT2D eigenvalue weighted by Gasteiger charge is 2.57. The van der Waals surface area contributed by atoms with Gasteiger partial charge in [0.15, 0.2) is 0 Å². The lowest BCUT2D eigenvalue weighted by Gasteiger charge is -2.57. The molecule has 4 aliphatic rings. The topological polar surface area (TPSA) is 85.8 Å². The Labute approximate surface area is 292 Å². The van der Waals surface area contributed by atoms with Crippen molar-refractivity contribution in [1.82, 2.24) is 9.88 Å². The number of fused-ring (bicyclic) bond motifs is 5. The van der Waals surface area contributed by atoms with Crippen molar-refractivity contribution in [3.05, 3.63) is 83.7 Å². The first-order valence-corrected chi connectivity index (χ1v) is 18.4. The maximum absolute atomic E-state index is 13.3. The molecule has 1 aromatic carbocycles. The molecule has 2 fully saturated rings. The predicted octanol–water partition coefficient (Wildman–Crippen LogP) is 8.49. The first-order valence-electron chi connectivity index (χ1n) is 18.4. The molecular formula is C42H54N2O5. The summed E-state index contributed by atoms with van der Waals surface area (Å²) in [5.41, 5.74) is 4.91. The number of carbonyl (C=O) groups is 3. The summed E-state index contributed by atoms with van der Waals surface area (Å²) in [5, 5.41) is 0. The third kappa shape index (κ3) is 7.71. The number of hydrogen-bond acceptors (Lipinski definition) is 6. The zero-order chi connectivity index (χ0) is 34.8. The van der Waals surface area contributed by atoms with Crippen LogP contribution >= 0.6 is 0 Å². The SMILES string of the molecule is CC(C)(C)OC(=O)CN(Cc1ccccc1)C(=O)CCCC(=O)O[C@H]1CC[C@@]2(C)C(=CC[C@@H]3[C@@H]2CC[C@]2(C)C(c4cccnc4)=CC[C@@H]32)C1. The van der Waals surface area contributed by atoms with Crippen LogP contribution in [0.1, 0.15) is 110 Å². The fraction of sp³-hybridized carbons (Fsp3) is 0.571. The molecule has 0 bridgehead atoms. The van der Waals surface area contributed by atoms with E-state index in [0.29, 0.717) is 30.7 Å². The Balaban J connectivity index is 1.01. The Hall–Kier alpha value is -3.74. The van der Waals surface area contributed by atoms with Crippen LogP contribution in [-0.2, 0) is 30.4 Å². The van der Waals surface area contributed by atoms with Gasteiger partial charge in [-0.15, -0.1) is 0 Å². The highest BCUT2D eigenvalue weighted by Crippen LogP contribution is 2.66. The van der Waals surface area contributed by atoms with Gasteiger partial charge in [-0.2, -0.15) is 0 Å². The van der Waals surface area contributed by atoms with Gasteiger partial charge in [0.05, 0.1) is 0 Å². The van der Waals surface area contributed by atoms with E-state index in [0.717, 1.165) is 37.7 Å². The minimum Gasteiger partial charge on any atom is -0.462 e. The molecule has 7 nitrogen and oxygen atoms in total. The van der Waals surface area contributed by atoms with Crippen LogP contribution in [0.15, 0.2) is 72.6 Å². The first-order chi connectivity index (χ1) is 23.4. The van der Waals surface area contributed by atoms with Crippen molar-refractivity contribution >= 4 is 23.4 Å². The Bertz CT molecular complexity index is 1580. The van der Waals surface area contributed by atoms with Gasteiger partial charge in [0.2, 0.25) is 5.91 Å². The predicted molar refractivity (Wildman–Crippen MR) is 191 cm³/mol. The second-order valence-electron chi connectivity index (χ2n) is 16.3. The molecule has 0 radical (unpaired) electrons. The summed E-state index contributed by atoms with van der Waals surface area (Å²) in [6, 6.07) is 13.9. The summed E-state index contributed by atoms with van der Waals surface area (Å²) in [6.45, 7) is 10.6. The number of amides is 1. The number of ether oxygens (including phenoxy) is 2. The maximum atomic E-state index is 13.3. The molecule has 4 aliphatic carbocycles. The second-order valence-corrected chi connectivity index (χ2v) is 16.3. The molecule has 0 unspecified atom stereocenters. The van der Waals surface area contributed by atoms with Crippen LogP contribution in [0.25, 0.3) is 5.57 Å². The molecule has 0 N–H and O–H groups in total. The minimum atomic E-state index is -0.635. The van der Waals surface area contributed by atoms with Crippen molar-refractivity contribution in [2.75, 3.05) is 6.54 Å². The summed E-state index contributed by atoms with van der Waals surface area (Å²) >= 11 is 0. The van der Waals surface area contributed by atoms with E-state index in [1.165, 1.54) is 34.5 Å². The summed E-state index contributed by atoms with van der Waals surface area (Å²) in [5.74, 6) is 1.13. The van der Waals surface area contributed by atoms with E-state index in [4.69, 9.17) is 9.47 Å². The molecular weight excluding hydrogens is 612 g/mol. The molecule has 1 aromatic heterocycles. The average Bonchev–Trinajstić information content (AvgIpc) is 3.42. The number of benzene rings is 1. The molecule has 6 atom stereocenters. The van der Waals surface area contributed by atoms with Gasteiger partial charge in [-0.05, 0) is 117 Å². The molecule has 2 aromatic rings. The molecule has 49 heavy (non-hydrogen) atoms. The fourth-order valence-electron chi connectivity index (χ4n) is 9.62. The normalized spacial score (nSPS) is 29.0. The standard InChI is InChI=1S/C42H54N2O5/c1-40(2,3)49-39(47)28-44(27-29-11-7-6-8-12-29)37(45)14-9-15-38(46)48-32-20-22-41(4)31(25-32)16-17-33-35-19-18-34(30-13-10-24-43-26-30)42(35,5)23-21-36(33)41/h6-8,10-13,16,18,24,26,32-33,35-36H,9,14-15,17,19-23,25,27-28H2,1-5H3/t32-,33-,35-,36-,41-,42+/m0/s1. The summed E-state index contributed by atoms with van der Waals surface area (Å²) in [7, 11) is 0. The van der Waals surface area contributed by atoms with Crippen LogP contribution in [0.4, 0.5) is 0 Å². The molecule has 0 spiro atoms. The fourth-order valence-corrected chi connectivity index (χ4v) is 9.62. The number of rotatable bonds is 10. The summed E-state index contributed by atoms with van der Waals surface area (Å²) in [6.07, 6.45) is 16.9. The lowest BCUT2D eigenvalue weighted by molar-refractivity contribution is -0.159. The van der Waals surface area contributed by atoms with E-state index in [2.05, 4.69) is 43.1 Å². The number of allylic oxidation sites excluding steroid dienone is 3. The molecule has 262 valence electrons. The highest BCUT2D eigenvalue weighted by molar-refractivity contribution is 5.82. The smallest absolute Gasteiger partial charge is 0.326 e. The molecule has 1 amide bonds. The van der Waals surface area contributed by atoms with E-state index < -0.39 is 11.6 Å². The van der Waals surface area contributed by atoms with Crippen molar-refractivity contribution in [2.24, 2.45) is 28.6 Å². The van der Waals surface area contributed by atoms with Gasteiger partial charge in [0.1, 0.15) is 18.2 Å². The monoisotopic (exact) mass is 666 g/mol. The third-order valence-electron chi connectivity index (χ3n) is 12.0. The summed E-state index contributed by atoms with van der Waals surface area (Å²) in [4.78, 5) is 44.8. The molecule has 2 saturated carbocycles. The number of carbonyl (C=O) groups excluding carboxylic acids is 3. The van der Waals surface area contributed by atoms with Crippen molar-refractivity contribution in [1.29, 1.82) is 0 Å². The van der Waals surface area contributed by atoms with Crippen molar-refractivity contribution in [3.8, 4) is 0 Å². The Morgan fingerprint density at radius 2 is 1.67 bits per heavy atom. The number of pyridine rings is 1. The van der Waals surface area contributed by atoms with E-state index >= 15 is 0 Å². The molecule has 1 heterocycles. The van der Waals surface area contributed by atoms with Crippen LogP contribution in [0, 0.1) is 28.6 Å². The zero-order valence-corrected chi connectivity index (χ0v) is 30.1. The van der Waals surface area contributed by atoms with Gasteiger partial charge in [0, 0.05) is 38.2 Å². The maximum Gasteiger partial charge on any atom is 0.326 e. The lowest BCUT2D eigenvalue weighted by Crippen LogP contribution is -2.50. The van der Waals surface area contributed by atoms with Crippen molar-refractivity contribution in [3.63, 3.8) is 0 Å². The number of aromatic nitrogens is 1. The minimum absolute atomic E-state index is 0.111. The Kier molecular flexibility index (Phi) is 10.2. The van der Waals surface area contributed by atoms with E-state index in [9.17, 15) is 14.4 Å². The van der Waals surface area contributed by atoms with Crippen LogP contribution < -0.4 is 0 Å². The molecule has 7 heteroatoms. The largest absolute Gasteiger partial charge is 0.462 e. The number of nitrogens with zero attached hydrogens (tertiary/aromatic N) is 2. The van der Waals surface area contributed by atoms with Crippen LogP contribution in [0.3, 0.4) is 0 Å². The second kappa shape index (κ2) is 14.2. The molecule has 6 rings (SSSR count). The number of esters is 2.